The number of benzene rings is 1. The second-order valence-electron chi connectivity index (χ2n) is 5.57. The minimum absolute atomic E-state index is 0.395. The van der Waals surface area contributed by atoms with E-state index in [0.717, 1.165) is 56.1 Å². The highest BCUT2D eigenvalue weighted by molar-refractivity contribution is 5.61. The van der Waals surface area contributed by atoms with E-state index in [1.165, 1.54) is 0 Å². The lowest BCUT2D eigenvalue weighted by Gasteiger charge is -2.24. The lowest BCUT2D eigenvalue weighted by molar-refractivity contribution is -0.108. The molecule has 1 heterocycles. The van der Waals surface area contributed by atoms with E-state index in [1.807, 2.05) is 37.2 Å². The maximum Gasteiger partial charge on any atom is 0.142 e. The normalized spacial score (nSPS) is 14.7. The van der Waals surface area contributed by atoms with Gasteiger partial charge >= 0.3 is 0 Å². The quantitative estimate of drug-likeness (QED) is 0.451. The lowest BCUT2D eigenvalue weighted by Crippen LogP contribution is -2.36. The number of anilines is 1. The molecule has 0 radical (unpaired) electrons. The zero-order valence-corrected chi connectivity index (χ0v) is 13.9. The van der Waals surface area contributed by atoms with E-state index in [2.05, 4.69) is 16.7 Å². The summed E-state index contributed by atoms with van der Waals surface area (Å²) < 4.78 is 11.0. The first-order valence-electron chi connectivity index (χ1n) is 7.87. The molecule has 1 aromatic rings. The highest BCUT2D eigenvalue weighted by atomic mass is 16.5. The van der Waals surface area contributed by atoms with Crippen LogP contribution < -0.4 is 9.64 Å². The van der Waals surface area contributed by atoms with Gasteiger partial charge in [-0.2, -0.15) is 0 Å². The number of carbonyl (C=O) groups is 1. The van der Waals surface area contributed by atoms with Gasteiger partial charge in [0.25, 0.3) is 0 Å². The van der Waals surface area contributed by atoms with Gasteiger partial charge in [0.05, 0.1) is 32.1 Å². The minimum Gasteiger partial charge on any atom is -0.491 e. The first-order valence-corrected chi connectivity index (χ1v) is 7.87. The van der Waals surface area contributed by atoms with Crippen LogP contribution in [0, 0.1) is 11.8 Å². The Bertz CT molecular complexity index is 569. The van der Waals surface area contributed by atoms with Crippen molar-refractivity contribution in [3.63, 3.8) is 0 Å². The summed E-state index contributed by atoms with van der Waals surface area (Å²) in [6, 6.07) is 5.89. The van der Waals surface area contributed by atoms with Gasteiger partial charge in [-0.1, -0.05) is 11.8 Å². The Kier molecular flexibility index (Phi) is 6.92. The first kappa shape index (κ1) is 17.3. The minimum atomic E-state index is 0.395. The zero-order chi connectivity index (χ0) is 16.5. The third-order valence-corrected chi connectivity index (χ3v) is 3.57. The van der Waals surface area contributed by atoms with Crippen molar-refractivity contribution >= 4 is 12.0 Å². The Balaban J connectivity index is 2.01. The van der Waals surface area contributed by atoms with Crippen molar-refractivity contribution in [3.05, 3.63) is 23.8 Å². The van der Waals surface area contributed by atoms with Crippen LogP contribution in [0.1, 0.15) is 12.0 Å². The predicted octanol–water partition coefficient (Wildman–Crippen LogP) is 1.40. The highest BCUT2D eigenvalue weighted by Gasteiger charge is 2.08. The molecule has 5 heteroatoms. The fourth-order valence-corrected chi connectivity index (χ4v) is 2.30. The van der Waals surface area contributed by atoms with E-state index in [-0.39, 0.29) is 0 Å². The molecule has 0 amide bonds. The zero-order valence-electron chi connectivity index (χ0n) is 13.9. The molecule has 1 aliphatic heterocycles. The molecule has 23 heavy (non-hydrogen) atoms. The summed E-state index contributed by atoms with van der Waals surface area (Å²) in [5, 5.41) is 0. The van der Waals surface area contributed by atoms with Crippen LogP contribution >= 0.6 is 0 Å². The smallest absolute Gasteiger partial charge is 0.142 e. The van der Waals surface area contributed by atoms with Gasteiger partial charge in [-0.25, -0.2) is 0 Å². The second-order valence-corrected chi connectivity index (χ2v) is 5.57. The molecule has 0 spiro atoms. The van der Waals surface area contributed by atoms with Gasteiger partial charge in [-0.05, 0) is 18.2 Å². The molecule has 0 N–H and O–H groups in total. The molecule has 124 valence electrons. The predicted molar refractivity (Wildman–Crippen MR) is 91.1 cm³/mol. The summed E-state index contributed by atoms with van der Waals surface area (Å²) in [7, 11) is 3.93. The molecular formula is C18H24N2O3. The molecule has 1 aliphatic rings. The fraction of sp³-hybridized carbons (Fsp3) is 0.500. The number of nitrogens with zero attached hydrogens (tertiary/aromatic N) is 2. The van der Waals surface area contributed by atoms with E-state index in [9.17, 15) is 4.79 Å². The molecule has 1 saturated heterocycles. The number of aldehydes is 1. The maximum atomic E-state index is 10.4. The van der Waals surface area contributed by atoms with Crippen LogP contribution in [0.5, 0.6) is 5.75 Å². The summed E-state index contributed by atoms with van der Waals surface area (Å²) in [5.41, 5.74) is 1.93. The Morgan fingerprint density at radius 3 is 2.83 bits per heavy atom. The first-order chi connectivity index (χ1) is 11.2. The fourth-order valence-electron chi connectivity index (χ4n) is 2.30. The van der Waals surface area contributed by atoms with Crippen LogP contribution in [0.25, 0.3) is 0 Å². The lowest BCUT2D eigenvalue weighted by atomic mass is 10.1. The van der Waals surface area contributed by atoms with Gasteiger partial charge in [0, 0.05) is 39.2 Å². The summed E-state index contributed by atoms with van der Waals surface area (Å²) in [6.07, 6.45) is 1.26. The standard InChI is InChI=1S/C18H24N2O3/c1-19(2)17-15-16(6-7-18(17)23-12-4-11-21)5-3-8-20-9-13-22-14-10-20/h6-7,11,15H,4,8-10,12-14H2,1-2H3. The van der Waals surface area contributed by atoms with E-state index in [4.69, 9.17) is 9.47 Å². The summed E-state index contributed by atoms with van der Waals surface area (Å²) in [6.45, 7) is 4.63. The third-order valence-electron chi connectivity index (χ3n) is 3.57. The summed E-state index contributed by atoms with van der Waals surface area (Å²) in [5.74, 6) is 7.21. The topological polar surface area (TPSA) is 42.0 Å². The van der Waals surface area contributed by atoms with Crippen molar-refractivity contribution in [2.75, 3.05) is 58.5 Å². The van der Waals surface area contributed by atoms with Crippen molar-refractivity contribution in [1.82, 2.24) is 4.90 Å². The van der Waals surface area contributed by atoms with Crippen molar-refractivity contribution in [1.29, 1.82) is 0 Å². The molecule has 1 aromatic carbocycles. The molecule has 0 aliphatic carbocycles. The van der Waals surface area contributed by atoms with Gasteiger partial charge in [-0.15, -0.1) is 0 Å². The average molecular weight is 316 g/mol. The van der Waals surface area contributed by atoms with E-state index in [0.29, 0.717) is 13.0 Å². The number of ether oxygens (including phenoxy) is 2. The van der Waals surface area contributed by atoms with Crippen molar-refractivity contribution < 1.29 is 14.3 Å². The number of morpholine rings is 1. The van der Waals surface area contributed by atoms with Crippen molar-refractivity contribution in [2.24, 2.45) is 0 Å². The number of hydrogen-bond donors (Lipinski definition) is 0. The molecule has 0 unspecified atom stereocenters. The second kappa shape index (κ2) is 9.19. The van der Waals surface area contributed by atoms with Crippen LogP contribution in [-0.4, -0.2) is 64.7 Å². The third kappa shape index (κ3) is 5.59. The molecule has 5 nitrogen and oxygen atoms in total. The molecule has 0 saturated carbocycles. The van der Waals surface area contributed by atoms with Crippen LogP contribution in [0.4, 0.5) is 5.69 Å². The number of hydrogen-bond acceptors (Lipinski definition) is 5. The van der Waals surface area contributed by atoms with E-state index in [1.54, 1.807) is 0 Å². The van der Waals surface area contributed by atoms with E-state index < -0.39 is 0 Å². The molecule has 1 fully saturated rings. The Morgan fingerprint density at radius 2 is 2.13 bits per heavy atom. The Labute approximate surface area is 138 Å². The molecule has 0 atom stereocenters. The number of rotatable bonds is 6. The Hall–Kier alpha value is -2.03. The van der Waals surface area contributed by atoms with Crippen LogP contribution in [0.15, 0.2) is 18.2 Å². The molecule has 0 bridgehead atoms. The van der Waals surface area contributed by atoms with Crippen molar-refractivity contribution in [2.45, 2.75) is 6.42 Å². The van der Waals surface area contributed by atoms with Gasteiger partial charge in [0.1, 0.15) is 12.0 Å². The Morgan fingerprint density at radius 1 is 1.35 bits per heavy atom. The largest absolute Gasteiger partial charge is 0.491 e. The molecule has 0 aromatic heterocycles. The summed E-state index contributed by atoms with van der Waals surface area (Å²) in [4.78, 5) is 14.7. The van der Waals surface area contributed by atoms with Crippen LogP contribution in [0.2, 0.25) is 0 Å². The van der Waals surface area contributed by atoms with Gasteiger partial charge in [0.15, 0.2) is 0 Å². The average Bonchev–Trinajstić information content (AvgIpc) is 2.57. The maximum absolute atomic E-state index is 10.4. The molecular weight excluding hydrogens is 292 g/mol. The van der Waals surface area contributed by atoms with Crippen LogP contribution in [-0.2, 0) is 9.53 Å². The van der Waals surface area contributed by atoms with Gasteiger partial charge < -0.3 is 19.2 Å². The summed E-state index contributed by atoms with van der Waals surface area (Å²) >= 11 is 0. The van der Waals surface area contributed by atoms with Gasteiger partial charge in [-0.3, -0.25) is 4.90 Å². The number of carbonyl (C=O) groups excluding carboxylic acids is 1. The van der Waals surface area contributed by atoms with E-state index >= 15 is 0 Å². The SMILES string of the molecule is CN(C)c1cc(C#CCN2CCOCC2)ccc1OCCC=O. The van der Waals surface area contributed by atoms with Crippen molar-refractivity contribution in [3.8, 4) is 17.6 Å². The molecule has 2 rings (SSSR count). The monoisotopic (exact) mass is 316 g/mol. The highest BCUT2D eigenvalue weighted by Crippen LogP contribution is 2.28. The van der Waals surface area contributed by atoms with Crippen LogP contribution in [0.3, 0.4) is 0 Å². The van der Waals surface area contributed by atoms with Gasteiger partial charge in [0.2, 0.25) is 0 Å².